The molecule has 0 saturated carbocycles. The third kappa shape index (κ3) is 5.93. The predicted molar refractivity (Wildman–Crippen MR) is 77.2 cm³/mol. The van der Waals surface area contributed by atoms with Crippen LogP contribution in [0.2, 0.25) is 4.47 Å². The van der Waals surface area contributed by atoms with E-state index in [9.17, 15) is 5.11 Å². The van der Waals surface area contributed by atoms with Crippen LogP contribution < -0.4 is 2.93 Å². The molecule has 0 aromatic carbocycles. The van der Waals surface area contributed by atoms with E-state index in [-0.39, 0.29) is 20.9 Å². The van der Waals surface area contributed by atoms with Gasteiger partial charge in [-0.2, -0.15) is 0 Å². The van der Waals surface area contributed by atoms with E-state index in [1.165, 1.54) is 20.2 Å². The molecule has 1 unspecified atom stereocenters. The first-order valence-corrected chi connectivity index (χ1v) is 9.68. The molecular formula is C14H20OSTe. The molecule has 0 radical (unpaired) electrons. The van der Waals surface area contributed by atoms with Crippen LogP contribution in [0.4, 0.5) is 0 Å². The van der Waals surface area contributed by atoms with E-state index in [2.05, 4.69) is 30.9 Å². The second-order valence-corrected chi connectivity index (χ2v) is 9.33. The zero-order chi connectivity index (χ0) is 12.7. The zero-order valence-electron chi connectivity index (χ0n) is 10.7. The van der Waals surface area contributed by atoms with Gasteiger partial charge in [0.2, 0.25) is 0 Å². The Morgan fingerprint density at radius 3 is 2.82 bits per heavy atom. The molecule has 0 saturated heterocycles. The van der Waals surface area contributed by atoms with Crippen LogP contribution in [-0.2, 0) is 0 Å². The summed E-state index contributed by atoms with van der Waals surface area (Å²) in [5.41, 5.74) is -0.844. The van der Waals surface area contributed by atoms with Crippen molar-refractivity contribution in [2.75, 3.05) is 0 Å². The molecule has 94 valence electrons. The van der Waals surface area contributed by atoms with Gasteiger partial charge < -0.3 is 0 Å². The fraction of sp³-hybridized carbons (Fsp3) is 0.571. The van der Waals surface area contributed by atoms with Crippen molar-refractivity contribution in [1.29, 1.82) is 0 Å². The molecule has 0 amide bonds. The number of aliphatic hydroxyl groups is 1. The second-order valence-electron chi connectivity index (χ2n) is 4.20. The molecule has 3 heteroatoms. The molecule has 17 heavy (non-hydrogen) atoms. The Kier molecular flexibility index (Phi) is 6.60. The van der Waals surface area contributed by atoms with Crippen molar-refractivity contribution in [3.05, 3.63) is 17.0 Å². The first-order valence-electron chi connectivity index (χ1n) is 6.05. The van der Waals surface area contributed by atoms with Crippen molar-refractivity contribution in [2.24, 2.45) is 0 Å². The maximum atomic E-state index is 9.80. The van der Waals surface area contributed by atoms with Crippen LogP contribution in [0, 0.1) is 11.8 Å². The molecule has 1 rings (SSSR count). The van der Waals surface area contributed by atoms with Gasteiger partial charge in [-0.15, -0.1) is 0 Å². The van der Waals surface area contributed by atoms with E-state index in [1.54, 1.807) is 6.92 Å². The summed E-state index contributed by atoms with van der Waals surface area (Å²) in [6.45, 7) is 5.96. The van der Waals surface area contributed by atoms with Gasteiger partial charge in [0.15, 0.2) is 0 Å². The van der Waals surface area contributed by atoms with E-state index < -0.39 is 5.60 Å². The van der Waals surface area contributed by atoms with Gasteiger partial charge >= 0.3 is 119 Å². The number of hydrogen-bond acceptors (Lipinski definition) is 2. The SMILES string of the molecule is CCCC[Te]c1ccc(C#CC(C)(O)CC)s1. The van der Waals surface area contributed by atoms with Crippen LogP contribution in [-0.4, -0.2) is 31.6 Å². The van der Waals surface area contributed by atoms with Crippen LogP contribution in [0.25, 0.3) is 0 Å². The predicted octanol–water partition coefficient (Wildman–Crippen LogP) is 2.81. The summed E-state index contributed by atoms with van der Waals surface area (Å²) in [4.78, 5) is 1.09. The molecule has 0 fully saturated rings. The minimum absolute atomic E-state index is 0.00882. The van der Waals surface area contributed by atoms with Crippen molar-refractivity contribution >= 4 is 35.2 Å². The van der Waals surface area contributed by atoms with Crippen molar-refractivity contribution in [3.63, 3.8) is 0 Å². The van der Waals surface area contributed by atoms with Crippen LogP contribution >= 0.6 is 11.3 Å². The third-order valence-corrected chi connectivity index (χ3v) is 7.37. The molecule has 1 aromatic heterocycles. The van der Waals surface area contributed by atoms with E-state index >= 15 is 0 Å². The van der Waals surface area contributed by atoms with Crippen molar-refractivity contribution in [3.8, 4) is 11.8 Å². The maximum absolute atomic E-state index is 9.80. The summed E-state index contributed by atoms with van der Waals surface area (Å²) < 4.78 is 2.92. The molecule has 1 heterocycles. The Hall–Kier alpha value is 0.00961. The number of rotatable bonds is 5. The average molecular weight is 364 g/mol. The van der Waals surface area contributed by atoms with Gasteiger partial charge in [0.1, 0.15) is 0 Å². The molecule has 0 aliphatic rings. The Balaban J connectivity index is 2.56. The average Bonchev–Trinajstić information content (AvgIpc) is 2.75. The van der Waals surface area contributed by atoms with Gasteiger partial charge in [0, 0.05) is 0 Å². The summed E-state index contributed by atoms with van der Waals surface area (Å²) in [6, 6.07) is 4.31. The quantitative estimate of drug-likeness (QED) is 0.484. The van der Waals surface area contributed by atoms with Crippen LogP contribution in [0.3, 0.4) is 0 Å². The molecule has 0 aliphatic carbocycles. The zero-order valence-corrected chi connectivity index (χ0v) is 13.9. The standard InChI is InChI=1S/C14H20OSTe/c1-4-6-11-17-13-8-7-12(16-13)9-10-14(3,15)5-2/h7-8,15H,4-6,11H2,1-3H3. The Labute approximate surface area is 119 Å². The van der Waals surface area contributed by atoms with Crippen molar-refractivity contribution in [2.45, 2.75) is 50.1 Å². The van der Waals surface area contributed by atoms with Gasteiger partial charge in [-0.05, 0) is 0 Å². The van der Waals surface area contributed by atoms with E-state index in [4.69, 9.17) is 0 Å². The molecule has 1 aromatic rings. The molecule has 1 atom stereocenters. The fourth-order valence-electron chi connectivity index (χ4n) is 1.07. The monoisotopic (exact) mass is 366 g/mol. The summed E-state index contributed by atoms with van der Waals surface area (Å²) >= 11 is 1.82. The van der Waals surface area contributed by atoms with Crippen LogP contribution in [0.15, 0.2) is 12.1 Å². The summed E-state index contributed by atoms with van der Waals surface area (Å²) in [6.07, 6.45) is 3.32. The molecule has 1 N–H and O–H groups in total. The summed E-state index contributed by atoms with van der Waals surface area (Å²) in [5.74, 6) is 6.02. The Bertz CT molecular complexity index is 398. The molecular weight excluding hydrogens is 344 g/mol. The second kappa shape index (κ2) is 7.45. The number of unbranched alkanes of at least 4 members (excludes halogenated alkanes) is 1. The van der Waals surface area contributed by atoms with Gasteiger partial charge in [-0.1, -0.05) is 0 Å². The number of thiophene rings is 1. The van der Waals surface area contributed by atoms with E-state index in [1.807, 2.05) is 18.3 Å². The first-order chi connectivity index (χ1) is 8.07. The Morgan fingerprint density at radius 2 is 2.18 bits per heavy atom. The van der Waals surface area contributed by atoms with Crippen molar-refractivity contribution < 1.29 is 5.11 Å². The molecule has 1 nitrogen and oxygen atoms in total. The normalized spacial score (nSPS) is 13.9. The summed E-state index contributed by atoms with van der Waals surface area (Å²) in [7, 11) is 0. The summed E-state index contributed by atoms with van der Waals surface area (Å²) in [5, 5.41) is 9.80. The fourth-order valence-corrected chi connectivity index (χ4v) is 5.83. The molecule has 0 spiro atoms. The van der Waals surface area contributed by atoms with E-state index in [0.29, 0.717) is 6.42 Å². The van der Waals surface area contributed by atoms with Gasteiger partial charge in [0.05, 0.1) is 0 Å². The number of hydrogen-bond donors (Lipinski definition) is 1. The van der Waals surface area contributed by atoms with Crippen molar-refractivity contribution in [1.82, 2.24) is 0 Å². The minimum atomic E-state index is -0.844. The molecule has 0 aliphatic heterocycles. The van der Waals surface area contributed by atoms with Gasteiger partial charge in [-0.25, -0.2) is 0 Å². The third-order valence-electron chi connectivity index (χ3n) is 2.47. The molecule has 0 bridgehead atoms. The van der Waals surface area contributed by atoms with Crippen LogP contribution in [0.5, 0.6) is 0 Å². The topological polar surface area (TPSA) is 20.2 Å². The first kappa shape index (κ1) is 15.1. The Morgan fingerprint density at radius 1 is 1.41 bits per heavy atom. The van der Waals surface area contributed by atoms with Gasteiger partial charge in [-0.3, -0.25) is 0 Å². The van der Waals surface area contributed by atoms with E-state index in [0.717, 1.165) is 4.88 Å². The van der Waals surface area contributed by atoms with Gasteiger partial charge in [0.25, 0.3) is 0 Å². The van der Waals surface area contributed by atoms with Crippen LogP contribution in [0.1, 0.15) is 44.9 Å².